The molecule has 0 bridgehead atoms. The quantitative estimate of drug-likeness (QED) is 0.336. The first-order chi connectivity index (χ1) is 8.54. The molecule has 0 aliphatic carbocycles. The molecular weight excluding hydrogens is 232 g/mol. The molecule has 1 aromatic rings. The van der Waals surface area contributed by atoms with E-state index < -0.39 is 4.92 Å². The van der Waals surface area contributed by atoms with Gasteiger partial charge >= 0.3 is 0 Å². The number of hydrogen-bond acceptors (Lipinski definition) is 4. The van der Waals surface area contributed by atoms with Gasteiger partial charge < -0.3 is 10.4 Å². The summed E-state index contributed by atoms with van der Waals surface area (Å²) in [7, 11) is 0. The molecule has 0 spiro atoms. The zero-order valence-corrected chi connectivity index (χ0v) is 10.8. The summed E-state index contributed by atoms with van der Waals surface area (Å²) in [5.41, 5.74) is 0.374. The molecule has 0 aromatic heterocycles. The summed E-state index contributed by atoms with van der Waals surface area (Å²) < 4.78 is 0. The molecule has 1 rings (SSSR count). The number of benzene rings is 1. The van der Waals surface area contributed by atoms with Crippen molar-refractivity contribution in [2.45, 2.75) is 45.6 Å². The van der Waals surface area contributed by atoms with E-state index in [9.17, 15) is 15.2 Å². The highest BCUT2D eigenvalue weighted by Crippen LogP contribution is 2.29. The first-order valence-corrected chi connectivity index (χ1v) is 6.28. The van der Waals surface area contributed by atoms with Crippen LogP contribution in [0.4, 0.5) is 11.4 Å². The molecule has 0 saturated carbocycles. The zero-order valence-electron chi connectivity index (χ0n) is 10.8. The number of nitrogens with one attached hydrogen (secondary N) is 1. The van der Waals surface area contributed by atoms with E-state index >= 15 is 0 Å². The third kappa shape index (κ3) is 4.24. The van der Waals surface area contributed by atoms with Crippen LogP contribution in [0.15, 0.2) is 18.2 Å². The van der Waals surface area contributed by atoms with E-state index in [1.54, 1.807) is 6.07 Å². The van der Waals surface area contributed by atoms with Crippen LogP contribution in [0, 0.1) is 10.1 Å². The van der Waals surface area contributed by atoms with Gasteiger partial charge in [0.1, 0.15) is 11.4 Å². The highest BCUT2D eigenvalue weighted by molar-refractivity contribution is 5.64. The lowest BCUT2D eigenvalue weighted by Crippen LogP contribution is -2.15. The number of aromatic hydroxyl groups is 1. The fraction of sp³-hybridized carbons (Fsp3) is 0.538. The molecule has 1 unspecified atom stereocenters. The third-order valence-corrected chi connectivity index (χ3v) is 2.82. The van der Waals surface area contributed by atoms with Gasteiger partial charge in [-0.05, 0) is 25.5 Å². The Hall–Kier alpha value is -1.78. The van der Waals surface area contributed by atoms with Crippen LogP contribution in [-0.2, 0) is 0 Å². The summed E-state index contributed by atoms with van der Waals surface area (Å²) in [5.74, 6) is -0.0918. The lowest BCUT2D eigenvalue weighted by atomic mass is 10.1. The summed E-state index contributed by atoms with van der Waals surface area (Å²) >= 11 is 0. The lowest BCUT2D eigenvalue weighted by Gasteiger charge is -2.15. The second kappa shape index (κ2) is 6.83. The van der Waals surface area contributed by atoms with Crippen LogP contribution in [0.25, 0.3) is 0 Å². The first-order valence-electron chi connectivity index (χ1n) is 6.28. The Balaban J connectivity index is 2.68. The summed E-state index contributed by atoms with van der Waals surface area (Å²) in [6, 6.07) is 4.35. The molecule has 100 valence electrons. The van der Waals surface area contributed by atoms with Gasteiger partial charge in [0.25, 0.3) is 5.69 Å². The van der Waals surface area contributed by atoms with Crippen molar-refractivity contribution in [3.05, 3.63) is 28.3 Å². The number of rotatable bonds is 7. The van der Waals surface area contributed by atoms with Crippen molar-refractivity contribution in [3.8, 4) is 5.75 Å². The number of phenols is 1. The minimum atomic E-state index is -0.485. The Morgan fingerprint density at radius 3 is 2.78 bits per heavy atom. The Labute approximate surface area is 107 Å². The Morgan fingerprint density at radius 1 is 1.44 bits per heavy atom. The maximum absolute atomic E-state index is 10.9. The summed E-state index contributed by atoms with van der Waals surface area (Å²) in [6.07, 6.45) is 4.41. The number of anilines is 1. The minimum Gasteiger partial charge on any atom is -0.508 e. The van der Waals surface area contributed by atoms with Crippen LogP contribution in [0.3, 0.4) is 0 Å². The lowest BCUT2D eigenvalue weighted by molar-refractivity contribution is -0.384. The number of unbranched alkanes of at least 4 members (excludes halogenated alkanes) is 2. The maximum Gasteiger partial charge on any atom is 0.296 e. The maximum atomic E-state index is 10.9. The van der Waals surface area contributed by atoms with E-state index in [0.29, 0.717) is 5.69 Å². The number of phenolic OH excluding ortho intramolecular Hbond substituents is 1. The van der Waals surface area contributed by atoms with Crippen LogP contribution >= 0.6 is 0 Å². The molecule has 2 N–H and O–H groups in total. The van der Waals surface area contributed by atoms with E-state index in [2.05, 4.69) is 12.2 Å². The van der Waals surface area contributed by atoms with Gasteiger partial charge in [0.2, 0.25) is 0 Å². The molecule has 0 radical (unpaired) electrons. The monoisotopic (exact) mass is 252 g/mol. The molecule has 1 aromatic carbocycles. The summed E-state index contributed by atoms with van der Waals surface area (Å²) in [5, 5.41) is 23.3. The van der Waals surface area contributed by atoms with Crippen molar-refractivity contribution in [3.63, 3.8) is 0 Å². The van der Waals surface area contributed by atoms with Gasteiger partial charge in [-0.2, -0.15) is 0 Å². The SMILES string of the molecule is CCCCCC(C)Nc1ccc(O)cc1[N+](=O)[O-]. The van der Waals surface area contributed by atoms with Crippen LogP contribution in [0.1, 0.15) is 39.5 Å². The molecule has 5 nitrogen and oxygen atoms in total. The standard InChI is InChI=1S/C13H20N2O3/c1-3-4-5-6-10(2)14-12-8-7-11(16)9-13(12)15(17)18/h7-10,14,16H,3-6H2,1-2H3. The van der Waals surface area contributed by atoms with Gasteiger partial charge in [0.15, 0.2) is 0 Å². The van der Waals surface area contributed by atoms with Gasteiger partial charge in [0.05, 0.1) is 11.0 Å². The van der Waals surface area contributed by atoms with E-state index in [0.717, 1.165) is 19.3 Å². The molecule has 0 saturated heterocycles. The van der Waals surface area contributed by atoms with Gasteiger partial charge in [-0.1, -0.05) is 26.2 Å². The zero-order chi connectivity index (χ0) is 13.5. The Bertz CT molecular complexity index is 407. The predicted molar refractivity (Wildman–Crippen MR) is 72.0 cm³/mol. The third-order valence-electron chi connectivity index (χ3n) is 2.82. The topological polar surface area (TPSA) is 75.4 Å². The number of nitrogens with zero attached hydrogens (tertiary/aromatic N) is 1. The second-order valence-electron chi connectivity index (χ2n) is 4.50. The van der Waals surface area contributed by atoms with Crippen LogP contribution in [0.5, 0.6) is 5.75 Å². The smallest absolute Gasteiger partial charge is 0.296 e. The highest BCUT2D eigenvalue weighted by atomic mass is 16.6. The van der Waals surface area contributed by atoms with Gasteiger partial charge in [-0.3, -0.25) is 10.1 Å². The minimum absolute atomic E-state index is 0.0858. The van der Waals surface area contributed by atoms with Crippen molar-refractivity contribution in [1.29, 1.82) is 0 Å². The van der Waals surface area contributed by atoms with Crippen molar-refractivity contribution in [2.24, 2.45) is 0 Å². The molecule has 0 heterocycles. The van der Waals surface area contributed by atoms with Crippen molar-refractivity contribution in [1.82, 2.24) is 0 Å². The number of nitro groups is 1. The predicted octanol–water partition coefficient (Wildman–Crippen LogP) is 3.68. The van der Waals surface area contributed by atoms with Crippen LogP contribution in [0.2, 0.25) is 0 Å². The molecule has 18 heavy (non-hydrogen) atoms. The average molecular weight is 252 g/mol. The Kier molecular flexibility index (Phi) is 5.42. The van der Waals surface area contributed by atoms with E-state index in [1.165, 1.54) is 18.6 Å². The van der Waals surface area contributed by atoms with Gasteiger partial charge in [-0.15, -0.1) is 0 Å². The number of nitro benzene ring substituents is 1. The first kappa shape index (κ1) is 14.3. The van der Waals surface area contributed by atoms with Crippen molar-refractivity contribution in [2.75, 3.05) is 5.32 Å². The second-order valence-corrected chi connectivity index (χ2v) is 4.50. The van der Waals surface area contributed by atoms with Crippen molar-refractivity contribution >= 4 is 11.4 Å². The van der Waals surface area contributed by atoms with Gasteiger partial charge in [0, 0.05) is 6.04 Å². The molecule has 5 heteroatoms. The number of hydrogen-bond donors (Lipinski definition) is 2. The van der Waals surface area contributed by atoms with Crippen molar-refractivity contribution < 1.29 is 10.0 Å². The summed E-state index contributed by atoms with van der Waals surface area (Å²) in [6.45, 7) is 4.15. The summed E-state index contributed by atoms with van der Waals surface area (Å²) in [4.78, 5) is 10.4. The molecule has 0 aliphatic heterocycles. The fourth-order valence-electron chi connectivity index (χ4n) is 1.83. The normalized spacial score (nSPS) is 12.1. The molecule has 0 aliphatic rings. The van der Waals surface area contributed by atoms with E-state index in [1.807, 2.05) is 6.92 Å². The average Bonchev–Trinajstić information content (AvgIpc) is 2.31. The molecule has 0 amide bonds. The molecule has 0 fully saturated rings. The van der Waals surface area contributed by atoms with Crippen LogP contribution < -0.4 is 5.32 Å². The molecule has 1 atom stereocenters. The largest absolute Gasteiger partial charge is 0.508 e. The Morgan fingerprint density at radius 2 is 2.17 bits per heavy atom. The van der Waals surface area contributed by atoms with Gasteiger partial charge in [-0.25, -0.2) is 0 Å². The van der Waals surface area contributed by atoms with E-state index in [-0.39, 0.29) is 17.5 Å². The fourth-order valence-corrected chi connectivity index (χ4v) is 1.83. The highest BCUT2D eigenvalue weighted by Gasteiger charge is 2.15. The van der Waals surface area contributed by atoms with E-state index in [4.69, 9.17) is 0 Å². The van der Waals surface area contributed by atoms with Crippen LogP contribution in [-0.4, -0.2) is 16.1 Å². The molecular formula is C13H20N2O3.